The van der Waals surface area contributed by atoms with Gasteiger partial charge in [0.15, 0.2) is 0 Å². The number of anilines is 3. The van der Waals surface area contributed by atoms with E-state index in [1.807, 2.05) is 0 Å². The molecule has 1 heterocycles. The van der Waals surface area contributed by atoms with Crippen LogP contribution in [0.3, 0.4) is 0 Å². The topological polar surface area (TPSA) is 16.4 Å². The Morgan fingerprint density at radius 2 is 0.954 bits per heavy atom. The van der Waals surface area contributed by atoms with Crippen molar-refractivity contribution >= 4 is 60.5 Å². The first-order chi connectivity index (χ1) is 32.3. The molecule has 0 saturated heterocycles. The third kappa shape index (κ3) is 5.67. The molecule has 1 aliphatic carbocycles. The number of fused-ring (bicyclic) bond motifs is 9. The van der Waals surface area contributed by atoms with Crippen molar-refractivity contribution < 1.29 is 4.42 Å². The van der Waals surface area contributed by atoms with Crippen molar-refractivity contribution in [3.8, 4) is 33.4 Å². The molecule has 304 valence electrons. The van der Waals surface area contributed by atoms with Crippen LogP contribution in [0.5, 0.6) is 0 Å². The maximum Gasteiger partial charge on any atom is 0.143 e. The minimum Gasteiger partial charge on any atom is -0.455 e. The van der Waals surface area contributed by atoms with Gasteiger partial charge in [-0.2, -0.15) is 0 Å². The summed E-state index contributed by atoms with van der Waals surface area (Å²) in [5.74, 6) is 0. The van der Waals surface area contributed by atoms with Crippen LogP contribution in [0.2, 0.25) is 0 Å². The largest absolute Gasteiger partial charge is 0.455 e. The maximum atomic E-state index is 6.62. The summed E-state index contributed by atoms with van der Waals surface area (Å²) in [4.78, 5) is 2.47. The molecule has 2 nitrogen and oxygen atoms in total. The minimum absolute atomic E-state index is 0.526. The molecule has 0 fully saturated rings. The zero-order valence-electron chi connectivity index (χ0n) is 35.5. The van der Waals surface area contributed by atoms with E-state index >= 15 is 0 Å². The quantitative estimate of drug-likeness (QED) is 0.159. The Kier molecular flexibility index (Phi) is 8.47. The van der Waals surface area contributed by atoms with E-state index in [4.69, 9.17) is 4.42 Å². The van der Waals surface area contributed by atoms with E-state index in [1.54, 1.807) is 0 Å². The molecule has 0 amide bonds. The Labute approximate surface area is 377 Å². The Bertz CT molecular complexity index is 3730. The molecule has 0 radical (unpaired) electrons. The number of rotatable bonds is 7. The molecule has 1 aliphatic rings. The van der Waals surface area contributed by atoms with Gasteiger partial charge in [-0.05, 0) is 109 Å². The first kappa shape index (κ1) is 37.1. The van der Waals surface area contributed by atoms with Crippen LogP contribution in [0, 0.1) is 0 Å². The predicted octanol–water partition coefficient (Wildman–Crippen LogP) is 17.1. The third-order valence-electron chi connectivity index (χ3n) is 13.7. The molecule has 13 rings (SSSR count). The minimum atomic E-state index is -0.526. The molecule has 11 aromatic carbocycles. The second-order valence-electron chi connectivity index (χ2n) is 17.1. The molecule has 0 saturated carbocycles. The lowest BCUT2D eigenvalue weighted by Crippen LogP contribution is -2.28. The zero-order chi connectivity index (χ0) is 42.9. The van der Waals surface area contributed by atoms with Crippen molar-refractivity contribution in [2.45, 2.75) is 5.41 Å². The van der Waals surface area contributed by atoms with Crippen LogP contribution in [0.25, 0.3) is 76.9 Å². The van der Waals surface area contributed by atoms with Crippen molar-refractivity contribution in [1.82, 2.24) is 0 Å². The molecule has 0 unspecified atom stereocenters. The molecule has 12 aromatic rings. The van der Waals surface area contributed by atoms with Crippen molar-refractivity contribution in [2.24, 2.45) is 0 Å². The smallest absolute Gasteiger partial charge is 0.143 e. The molecule has 0 aliphatic heterocycles. The average molecular weight is 828 g/mol. The van der Waals surface area contributed by atoms with Crippen LogP contribution in [0.15, 0.2) is 253 Å². The van der Waals surface area contributed by atoms with Gasteiger partial charge in [0, 0.05) is 33.1 Å². The van der Waals surface area contributed by atoms with Gasteiger partial charge >= 0.3 is 0 Å². The molecular formula is C63H41NO. The summed E-state index contributed by atoms with van der Waals surface area (Å²) in [6, 6.07) is 90.9. The first-order valence-electron chi connectivity index (χ1n) is 22.4. The van der Waals surface area contributed by atoms with Crippen LogP contribution in [-0.2, 0) is 5.41 Å². The van der Waals surface area contributed by atoms with E-state index in [9.17, 15) is 0 Å². The molecule has 0 atom stereocenters. The predicted molar refractivity (Wildman–Crippen MR) is 272 cm³/mol. The monoisotopic (exact) mass is 827 g/mol. The second-order valence-corrected chi connectivity index (χ2v) is 17.1. The van der Waals surface area contributed by atoms with E-state index < -0.39 is 5.41 Å². The highest BCUT2D eigenvalue weighted by Gasteiger charge is 2.47. The Balaban J connectivity index is 1.04. The molecule has 65 heavy (non-hydrogen) atoms. The summed E-state index contributed by atoms with van der Waals surface area (Å²) in [5.41, 5.74) is 16.8. The van der Waals surface area contributed by atoms with E-state index in [-0.39, 0.29) is 0 Å². The molecule has 0 N–H and O–H groups in total. The van der Waals surface area contributed by atoms with Crippen molar-refractivity contribution in [1.29, 1.82) is 0 Å². The maximum absolute atomic E-state index is 6.62. The lowest BCUT2D eigenvalue weighted by Gasteiger charge is -2.34. The van der Waals surface area contributed by atoms with Gasteiger partial charge < -0.3 is 9.32 Å². The lowest BCUT2D eigenvalue weighted by atomic mass is 9.68. The number of benzene rings is 11. The van der Waals surface area contributed by atoms with Gasteiger partial charge in [-0.3, -0.25) is 0 Å². The standard InChI is InChI=1S/C63H41NO/c1-3-21-46(22-4-1)63(47-23-5-2-6-24-47)56-31-12-11-28-54(56)61-57(63)32-16-33-58(61)64(49-25-13-20-45(41-49)51-29-14-19-42-17-7-9-26-50(42)51)48-38-35-44(36-39-48)52-30-15-34-59-60(52)55-40-37-43-18-8-10-27-53(43)62(55)65-59/h1-41H. The Hall–Kier alpha value is -8.46. The summed E-state index contributed by atoms with van der Waals surface area (Å²) in [6.45, 7) is 0. The van der Waals surface area contributed by atoms with Crippen LogP contribution >= 0.6 is 0 Å². The Morgan fingerprint density at radius 3 is 1.75 bits per heavy atom. The molecular weight excluding hydrogens is 787 g/mol. The molecule has 0 bridgehead atoms. The normalized spacial score (nSPS) is 12.7. The SMILES string of the molecule is c1ccc(C2(c3ccccc3)c3ccccc3-c3c(N(c4ccc(-c5cccc6oc7c8ccccc8ccc7c56)cc4)c4cccc(-c5cccc6ccccc56)c4)cccc32)cc1. The molecule has 2 heteroatoms. The highest BCUT2D eigenvalue weighted by atomic mass is 16.3. The molecule has 0 spiro atoms. The average Bonchev–Trinajstić information content (AvgIpc) is 3.92. The van der Waals surface area contributed by atoms with Gasteiger partial charge in [0.25, 0.3) is 0 Å². The van der Waals surface area contributed by atoms with Gasteiger partial charge in [0.05, 0.1) is 11.1 Å². The summed E-state index contributed by atoms with van der Waals surface area (Å²) < 4.78 is 6.62. The van der Waals surface area contributed by atoms with Crippen molar-refractivity contribution in [3.63, 3.8) is 0 Å². The van der Waals surface area contributed by atoms with Gasteiger partial charge in [-0.25, -0.2) is 0 Å². The third-order valence-corrected chi connectivity index (χ3v) is 13.7. The lowest BCUT2D eigenvalue weighted by molar-refractivity contribution is 0.673. The van der Waals surface area contributed by atoms with E-state index in [2.05, 4.69) is 254 Å². The van der Waals surface area contributed by atoms with E-state index in [0.717, 1.165) is 55.5 Å². The Morgan fingerprint density at radius 1 is 0.354 bits per heavy atom. The fourth-order valence-electron chi connectivity index (χ4n) is 11.0. The van der Waals surface area contributed by atoms with Crippen molar-refractivity contribution in [2.75, 3.05) is 4.90 Å². The summed E-state index contributed by atoms with van der Waals surface area (Å²) in [7, 11) is 0. The number of hydrogen-bond donors (Lipinski definition) is 0. The highest BCUT2D eigenvalue weighted by molar-refractivity contribution is 6.19. The van der Waals surface area contributed by atoms with E-state index in [0.29, 0.717) is 0 Å². The van der Waals surface area contributed by atoms with Crippen LogP contribution in [0.4, 0.5) is 17.1 Å². The van der Waals surface area contributed by atoms with Crippen LogP contribution in [-0.4, -0.2) is 0 Å². The van der Waals surface area contributed by atoms with Gasteiger partial charge in [0.1, 0.15) is 11.2 Å². The van der Waals surface area contributed by atoms with Gasteiger partial charge in [-0.15, -0.1) is 0 Å². The van der Waals surface area contributed by atoms with Gasteiger partial charge in [0.2, 0.25) is 0 Å². The van der Waals surface area contributed by atoms with Crippen molar-refractivity contribution in [3.05, 3.63) is 271 Å². The number of furan rings is 1. The summed E-state index contributed by atoms with van der Waals surface area (Å²) in [6.07, 6.45) is 0. The fraction of sp³-hybridized carbons (Fsp3) is 0.0159. The summed E-state index contributed by atoms with van der Waals surface area (Å²) >= 11 is 0. The first-order valence-corrected chi connectivity index (χ1v) is 22.4. The fourth-order valence-corrected chi connectivity index (χ4v) is 11.0. The second kappa shape index (κ2) is 14.8. The van der Waals surface area contributed by atoms with Crippen LogP contribution in [0.1, 0.15) is 22.3 Å². The van der Waals surface area contributed by atoms with E-state index in [1.165, 1.54) is 60.7 Å². The number of nitrogens with zero attached hydrogens (tertiary/aromatic N) is 1. The molecule has 1 aromatic heterocycles. The number of hydrogen-bond acceptors (Lipinski definition) is 2. The summed E-state index contributed by atoms with van der Waals surface area (Å²) in [5, 5.41) is 7.04. The highest BCUT2D eigenvalue weighted by Crippen LogP contribution is 2.59. The van der Waals surface area contributed by atoms with Crippen LogP contribution < -0.4 is 4.90 Å². The van der Waals surface area contributed by atoms with Gasteiger partial charge in [-0.1, -0.05) is 206 Å². The zero-order valence-corrected chi connectivity index (χ0v) is 35.5.